The van der Waals surface area contributed by atoms with E-state index in [2.05, 4.69) is 19.0 Å². The molecular formula is C20H25FN2O2. The predicted octanol–water partition coefficient (Wildman–Crippen LogP) is 4.77. The zero-order chi connectivity index (χ0) is 17.8. The highest BCUT2D eigenvalue weighted by molar-refractivity contribution is 5.92. The van der Waals surface area contributed by atoms with Crippen LogP contribution in [0.2, 0.25) is 0 Å². The molecule has 1 saturated heterocycles. The lowest BCUT2D eigenvalue weighted by Crippen LogP contribution is -2.35. The van der Waals surface area contributed by atoms with Gasteiger partial charge in [0.15, 0.2) is 5.69 Å². The molecule has 0 saturated carbocycles. The van der Waals surface area contributed by atoms with Gasteiger partial charge in [0.2, 0.25) is 0 Å². The number of likely N-dealkylation sites (tertiary alicyclic amines) is 1. The van der Waals surface area contributed by atoms with Gasteiger partial charge >= 0.3 is 0 Å². The maximum atomic E-state index is 13.7. The topological polar surface area (TPSA) is 46.3 Å². The molecule has 1 aromatic heterocycles. The summed E-state index contributed by atoms with van der Waals surface area (Å²) in [4.78, 5) is 14.9. The molecular weight excluding hydrogens is 319 g/mol. The van der Waals surface area contributed by atoms with Gasteiger partial charge in [-0.3, -0.25) is 4.79 Å². The molecule has 0 bridgehead atoms. The minimum atomic E-state index is -0.269. The summed E-state index contributed by atoms with van der Waals surface area (Å²) < 4.78 is 19.0. The van der Waals surface area contributed by atoms with Gasteiger partial charge in [0, 0.05) is 19.0 Å². The first-order valence-corrected chi connectivity index (χ1v) is 9.06. The van der Waals surface area contributed by atoms with Crippen LogP contribution in [0.1, 0.15) is 67.4 Å². The molecule has 0 aliphatic carbocycles. The maximum absolute atomic E-state index is 13.7. The number of hydrogen-bond donors (Lipinski definition) is 0. The van der Waals surface area contributed by atoms with Crippen LogP contribution < -0.4 is 0 Å². The van der Waals surface area contributed by atoms with E-state index in [-0.39, 0.29) is 17.8 Å². The number of aromatic nitrogens is 1. The lowest BCUT2D eigenvalue weighted by Gasteiger charge is -2.29. The number of carbonyl (C=O) groups is 1. The van der Waals surface area contributed by atoms with Crippen LogP contribution in [0.4, 0.5) is 4.39 Å². The van der Waals surface area contributed by atoms with Gasteiger partial charge in [-0.1, -0.05) is 44.0 Å². The Kier molecular flexibility index (Phi) is 5.51. The zero-order valence-corrected chi connectivity index (χ0v) is 14.9. The van der Waals surface area contributed by atoms with Crippen LogP contribution in [0.15, 0.2) is 34.9 Å². The lowest BCUT2D eigenvalue weighted by atomic mass is 10.0. The smallest absolute Gasteiger partial charge is 0.276 e. The van der Waals surface area contributed by atoms with Gasteiger partial charge in [0.1, 0.15) is 11.6 Å². The molecule has 4 nitrogen and oxygen atoms in total. The van der Waals surface area contributed by atoms with Crippen LogP contribution in [0.3, 0.4) is 0 Å². The standard InChI is InChI=1S/C20H25FN2O2/c1-14(2)11-17-13-18(22-25-17)20(24)23-10-5-3-4-9-19(23)15-7-6-8-16(21)12-15/h6-8,12-14,19H,3-5,9-11H2,1-2H3/t19-/m1/s1. The van der Waals surface area contributed by atoms with Gasteiger partial charge in [-0.2, -0.15) is 0 Å². The number of halogens is 1. The van der Waals surface area contributed by atoms with Crippen molar-refractivity contribution in [1.82, 2.24) is 10.1 Å². The third-order valence-electron chi connectivity index (χ3n) is 4.63. The highest BCUT2D eigenvalue weighted by atomic mass is 19.1. The van der Waals surface area contributed by atoms with E-state index >= 15 is 0 Å². The molecule has 2 aromatic rings. The Balaban J connectivity index is 1.85. The van der Waals surface area contributed by atoms with E-state index in [1.165, 1.54) is 12.1 Å². The fraction of sp³-hybridized carbons (Fsp3) is 0.500. The fourth-order valence-corrected chi connectivity index (χ4v) is 3.47. The average molecular weight is 344 g/mol. The second kappa shape index (κ2) is 7.81. The van der Waals surface area contributed by atoms with Gasteiger partial charge < -0.3 is 9.42 Å². The minimum Gasteiger partial charge on any atom is -0.361 e. The molecule has 1 aliphatic heterocycles. The van der Waals surface area contributed by atoms with Crippen LogP contribution in [0.25, 0.3) is 0 Å². The van der Waals surface area contributed by atoms with E-state index in [0.717, 1.165) is 43.4 Å². The summed E-state index contributed by atoms with van der Waals surface area (Å²) in [6.45, 7) is 4.85. The summed E-state index contributed by atoms with van der Waals surface area (Å²) in [6, 6.07) is 8.19. The lowest BCUT2D eigenvalue weighted by molar-refractivity contribution is 0.0670. The quantitative estimate of drug-likeness (QED) is 0.802. The highest BCUT2D eigenvalue weighted by Crippen LogP contribution is 2.31. The van der Waals surface area contributed by atoms with E-state index < -0.39 is 0 Å². The van der Waals surface area contributed by atoms with Crippen LogP contribution in [-0.2, 0) is 6.42 Å². The van der Waals surface area contributed by atoms with Gasteiger partial charge in [-0.05, 0) is 36.5 Å². The first-order valence-electron chi connectivity index (χ1n) is 9.06. The SMILES string of the molecule is CC(C)Cc1cc(C(=O)N2CCCCC[C@@H]2c2cccc(F)c2)no1. The molecule has 2 heterocycles. The molecule has 25 heavy (non-hydrogen) atoms. The average Bonchev–Trinajstić information content (AvgIpc) is 2.89. The Labute approximate surface area is 148 Å². The van der Waals surface area contributed by atoms with E-state index in [1.807, 2.05) is 11.0 Å². The van der Waals surface area contributed by atoms with Crippen LogP contribution in [0, 0.1) is 11.7 Å². The van der Waals surface area contributed by atoms with Gasteiger partial charge in [-0.25, -0.2) is 4.39 Å². The molecule has 1 aliphatic rings. The number of amides is 1. The molecule has 0 unspecified atom stereocenters. The van der Waals surface area contributed by atoms with Crippen molar-refractivity contribution in [1.29, 1.82) is 0 Å². The van der Waals surface area contributed by atoms with Crippen molar-refractivity contribution >= 4 is 5.91 Å². The van der Waals surface area contributed by atoms with Gasteiger partial charge in [0.25, 0.3) is 5.91 Å². The Hall–Kier alpha value is -2.17. The molecule has 1 amide bonds. The van der Waals surface area contributed by atoms with Crippen molar-refractivity contribution in [2.45, 2.75) is 52.0 Å². The predicted molar refractivity (Wildman–Crippen MR) is 93.7 cm³/mol. The van der Waals surface area contributed by atoms with Crippen LogP contribution in [0.5, 0.6) is 0 Å². The Morgan fingerprint density at radius 1 is 1.32 bits per heavy atom. The van der Waals surface area contributed by atoms with E-state index in [1.54, 1.807) is 12.1 Å². The molecule has 0 radical (unpaired) electrons. The molecule has 134 valence electrons. The third kappa shape index (κ3) is 4.27. The van der Waals surface area contributed by atoms with Crippen LogP contribution in [-0.4, -0.2) is 22.5 Å². The monoisotopic (exact) mass is 344 g/mol. The molecule has 0 spiro atoms. The molecule has 1 fully saturated rings. The van der Waals surface area contributed by atoms with Crippen molar-refractivity contribution in [3.8, 4) is 0 Å². The number of carbonyl (C=O) groups excluding carboxylic acids is 1. The molecule has 5 heteroatoms. The number of benzene rings is 1. The molecule has 1 aromatic carbocycles. The molecule has 1 atom stereocenters. The highest BCUT2D eigenvalue weighted by Gasteiger charge is 2.29. The van der Waals surface area contributed by atoms with E-state index in [0.29, 0.717) is 18.2 Å². The van der Waals surface area contributed by atoms with Crippen molar-refractivity contribution in [3.05, 3.63) is 53.2 Å². The van der Waals surface area contributed by atoms with Gasteiger partial charge in [-0.15, -0.1) is 0 Å². The van der Waals surface area contributed by atoms with Crippen molar-refractivity contribution < 1.29 is 13.7 Å². The van der Waals surface area contributed by atoms with Crippen molar-refractivity contribution in [2.75, 3.05) is 6.54 Å². The summed E-state index contributed by atoms with van der Waals surface area (Å²) in [5.74, 6) is 0.773. The summed E-state index contributed by atoms with van der Waals surface area (Å²) in [5, 5.41) is 3.98. The number of nitrogens with zero attached hydrogens (tertiary/aromatic N) is 2. The minimum absolute atomic E-state index is 0.115. The first-order chi connectivity index (χ1) is 12.0. The Morgan fingerprint density at radius 3 is 2.92 bits per heavy atom. The van der Waals surface area contributed by atoms with Crippen molar-refractivity contribution in [3.63, 3.8) is 0 Å². The third-order valence-corrected chi connectivity index (χ3v) is 4.63. The molecule has 3 rings (SSSR count). The van der Waals surface area contributed by atoms with Crippen molar-refractivity contribution in [2.24, 2.45) is 5.92 Å². The number of hydrogen-bond acceptors (Lipinski definition) is 3. The Bertz CT molecular complexity index is 726. The summed E-state index contributed by atoms with van der Waals surface area (Å²) in [7, 11) is 0. The van der Waals surface area contributed by atoms with Crippen LogP contribution >= 0.6 is 0 Å². The maximum Gasteiger partial charge on any atom is 0.276 e. The van der Waals surface area contributed by atoms with E-state index in [4.69, 9.17) is 4.52 Å². The van der Waals surface area contributed by atoms with Gasteiger partial charge in [0.05, 0.1) is 6.04 Å². The summed E-state index contributed by atoms with van der Waals surface area (Å²) >= 11 is 0. The Morgan fingerprint density at radius 2 is 2.16 bits per heavy atom. The molecule has 0 N–H and O–H groups in total. The summed E-state index contributed by atoms with van der Waals surface area (Å²) in [6.07, 6.45) is 4.66. The first kappa shape index (κ1) is 17.6. The normalized spacial score (nSPS) is 18.4. The largest absolute Gasteiger partial charge is 0.361 e. The fourth-order valence-electron chi connectivity index (χ4n) is 3.47. The number of rotatable bonds is 4. The van der Waals surface area contributed by atoms with E-state index in [9.17, 15) is 9.18 Å². The zero-order valence-electron chi connectivity index (χ0n) is 14.9. The second-order valence-corrected chi connectivity index (χ2v) is 7.20. The summed E-state index contributed by atoms with van der Waals surface area (Å²) in [5.41, 5.74) is 1.19. The second-order valence-electron chi connectivity index (χ2n) is 7.20.